The van der Waals surface area contributed by atoms with Gasteiger partial charge in [0.2, 0.25) is 5.91 Å². The average Bonchev–Trinajstić information content (AvgIpc) is 3.02. The summed E-state index contributed by atoms with van der Waals surface area (Å²) in [6.07, 6.45) is 35.2. The SMILES string of the molecule is CCCCCC/C=C\CCCCCCCC(=O)N[C@@H](COP(=O)(O)OCC[N+](C)(C)C)[C@H](O)/C=C/CCCCCCCCCCCCC. The largest absolute Gasteiger partial charge is 0.472 e. The third-order valence-corrected chi connectivity index (χ3v) is 9.65. The highest BCUT2D eigenvalue weighted by Crippen LogP contribution is 2.43. The number of carbonyl (C=O) groups is 1. The van der Waals surface area contributed by atoms with Crippen LogP contribution in [0, 0.1) is 0 Å². The van der Waals surface area contributed by atoms with E-state index in [2.05, 4.69) is 31.3 Å². The zero-order chi connectivity index (χ0) is 35.8. The van der Waals surface area contributed by atoms with Crippen LogP contribution in [0.5, 0.6) is 0 Å². The highest BCUT2D eigenvalue weighted by molar-refractivity contribution is 7.47. The van der Waals surface area contributed by atoms with Crippen molar-refractivity contribution in [3.8, 4) is 0 Å². The molecule has 0 aliphatic heterocycles. The number of phosphoric acid groups is 1. The van der Waals surface area contributed by atoms with Crippen molar-refractivity contribution in [3.05, 3.63) is 24.3 Å². The highest BCUT2D eigenvalue weighted by Gasteiger charge is 2.27. The topological polar surface area (TPSA) is 105 Å². The molecular formula is C39H78N2O6P+. The second-order valence-corrected chi connectivity index (χ2v) is 16.1. The van der Waals surface area contributed by atoms with Crippen molar-refractivity contribution >= 4 is 13.7 Å². The van der Waals surface area contributed by atoms with Crippen LogP contribution in [0.1, 0.15) is 168 Å². The molecule has 0 radical (unpaired) electrons. The van der Waals surface area contributed by atoms with Gasteiger partial charge in [-0.05, 0) is 44.9 Å². The highest BCUT2D eigenvalue weighted by atomic mass is 31.2. The molecule has 0 aliphatic rings. The van der Waals surface area contributed by atoms with E-state index >= 15 is 0 Å². The number of amides is 1. The van der Waals surface area contributed by atoms with Crippen molar-refractivity contribution in [3.63, 3.8) is 0 Å². The van der Waals surface area contributed by atoms with Gasteiger partial charge in [-0.3, -0.25) is 13.8 Å². The number of rotatable bonds is 35. The Morgan fingerprint density at radius 2 is 1.12 bits per heavy atom. The molecule has 48 heavy (non-hydrogen) atoms. The summed E-state index contributed by atoms with van der Waals surface area (Å²) in [7, 11) is 1.56. The Kier molecular flexibility index (Phi) is 31.2. The van der Waals surface area contributed by atoms with Gasteiger partial charge in [0.25, 0.3) is 0 Å². The van der Waals surface area contributed by atoms with Gasteiger partial charge >= 0.3 is 7.82 Å². The molecule has 0 heterocycles. The van der Waals surface area contributed by atoms with Gasteiger partial charge in [0, 0.05) is 6.42 Å². The summed E-state index contributed by atoms with van der Waals surface area (Å²) in [5.74, 6) is -0.189. The van der Waals surface area contributed by atoms with E-state index in [1.54, 1.807) is 6.08 Å². The normalized spacial score (nSPS) is 14.9. The molecule has 3 atom stereocenters. The molecule has 0 aliphatic carbocycles. The molecule has 284 valence electrons. The fraction of sp³-hybridized carbons (Fsp3) is 0.872. The van der Waals surface area contributed by atoms with Gasteiger partial charge in [0.05, 0.1) is 39.9 Å². The number of nitrogens with zero attached hydrogens (tertiary/aromatic N) is 1. The maximum atomic E-state index is 12.8. The van der Waals surface area contributed by atoms with Crippen LogP contribution >= 0.6 is 7.82 Å². The Balaban J connectivity index is 4.54. The summed E-state index contributed by atoms with van der Waals surface area (Å²) >= 11 is 0. The van der Waals surface area contributed by atoms with E-state index in [1.165, 1.54) is 96.3 Å². The minimum absolute atomic E-state index is 0.0606. The Morgan fingerprint density at radius 3 is 1.62 bits per heavy atom. The van der Waals surface area contributed by atoms with Crippen LogP contribution in [0.2, 0.25) is 0 Å². The minimum atomic E-state index is -4.33. The van der Waals surface area contributed by atoms with Gasteiger partial charge < -0.3 is 19.8 Å². The first kappa shape index (κ1) is 47.0. The van der Waals surface area contributed by atoms with Crippen LogP contribution in [-0.2, 0) is 18.4 Å². The molecule has 1 unspecified atom stereocenters. The number of phosphoric ester groups is 1. The van der Waals surface area contributed by atoms with Gasteiger partial charge in [-0.2, -0.15) is 0 Å². The second-order valence-electron chi connectivity index (χ2n) is 14.7. The number of nitrogens with one attached hydrogen (secondary N) is 1. The van der Waals surface area contributed by atoms with Crippen LogP contribution in [-0.4, -0.2) is 73.4 Å². The van der Waals surface area contributed by atoms with Crippen molar-refractivity contribution < 1.29 is 32.9 Å². The lowest BCUT2D eigenvalue weighted by Crippen LogP contribution is -2.45. The predicted molar refractivity (Wildman–Crippen MR) is 203 cm³/mol. The Labute approximate surface area is 296 Å². The van der Waals surface area contributed by atoms with E-state index in [0.717, 1.165) is 51.4 Å². The molecule has 0 spiro atoms. The number of allylic oxidation sites excluding steroid dienone is 3. The second kappa shape index (κ2) is 31.9. The van der Waals surface area contributed by atoms with Crippen molar-refractivity contribution in [2.24, 2.45) is 0 Å². The molecule has 8 nitrogen and oxygen atoms in total. The van der Waals surface area contributed by atoms with E-state index in [9.17, 15) is 19.4 Å². The third-order valence-electron chi connectivity index (χ3n) is 8.67. The number of hydrogen-bond acceptors (Lipinski definition) is 5. The quantitative estimate of drug-likeness (QED) is 0.0263. The molecule has 0 saturated carbocycles. The van der Waals surface area contributed by atoms with Crippen LogP contribution in [0.3, 0.4) is 0 Å². The van der Waals surface area contributed by atoms with E-state index in [0.29, 0.717) is 17.4 Å². The lowest BCUT2D eigenvalue weighted by atomic mass is 10.0. The first-order valence-corrected chi connectivity index (χ1v) is 21.2. The standard InChI is InChI=1S/C39H77N2O6P/c1-6-8-10-12-14-16-18-20-22-24-26-28-30-32-38(42)37(36-47-48(44,45)46-35-34-41(3,4)5)40-39(43)33-31-29-27-25-23-21-19-17-15-13-11-9-7-2/h17,19,30,32,37-38,42H,6-16,18,20-29,31,33-36H2,1-5H3,(H-,40,43,44,45)/p+1/b19-17-,32-30+/t37-,38+/m0/s1. The molecule has 1 amide bonds. The zero-order valence-corrected chi connectivity index (χ0v) is 32.9. The molecule has 3 N–H and O–H groups in total. The van der Waals surface area contributed by atoms with E-state index in [1.807, 2.05) is 27.2 Å². The lowest BCUT2D eigenvalue weighted by Gasteiger charge is -2.25. The van der Waals surface area contributed by atoms with Gasteiger partial charge in [-0.1, -0.05) is 141 Å². The Hall–Kier alpha value is -1.02. The molecule has 0 bridgehead atoms. The van der Waals surface area contributed by atoms with E-state index in [4.69, 9.17) is 9.05 Å². The first-order chi connectivity index (χ1) is 23.0. The molecule has 0 aromatic rings. The summed E-state index contributed by atoms with van der Waals surface area (Å²) in [5, 5.41) is 13.7. The minimum Gasteiger partial charge on any atom is -0.387 e. The number of unbranched alkanes of at least 4 members (excludes halogenated alkanes) is 20. The van der Waals surface area contributed by atoms with Gasteiger partial charge in [0.15, 0.2) is 0 Å². The predicted octanol–water partition coefficient (Wildman–Crippen LogP) is 10.2. The van der Waals surface area contributed by atoms with Crippen molar-refractivity contribution in [1.29, 1.82) is 0 Å². The Bertz CT molecular complexity index is 845. The number of hydrogen-bond donors (Lipinski definition) is 3. The molecule has 0 aromatic carbocycles. The summed E-state index contributed by atoms with van der Waals surface area (Å²) in [6, 6.07) is -0.845. The van der Waals surface area contributed by atoms with Gasteiger partial charge in [-0.25, -0.2) is 4.57 Å². The molecule has 9 heteroatoms. The zero-order valence-electron chi connectivity index (χ0n) is 32.0. The fourth-order valence-corrected chi connectivity index (χ4v) is 6.18. The summed E-state index contributed by atoms with van der Waals surface area (Å²) in [6.45, 7) is 4.77. The number of carbonyl (C=O) groups excluding carboxylic acids is 1. The van der Waals surface area contributed by atoms with Crippen LogP contribution in [0.4, 0.5) is 0 Å². The summed E-state index contributed by atoms with van der Waals surface area (Å²) in [5.41, 5.74) is 0. The number of aliphatic hydroxyl groups excluding tert-OH is 1. The van der Waals surface area contributed by atoms with Crippen molar-refractivity contribution in [1.82, 2.24) is 5.32 Å². The summed E-state index contributed by atoms with van der Waals surface area (Å²) in [4.78, 5) is 23.0. The number of likely N-dealkylation sites (N-methyl/N-ethyl adjacent to an activating group) is 1. The molecule has 0 rings (SSSR count). The summed E-state index contributed by atoms with van der Waals surface area (Å²) < 4.78 is 23.4. The molecule has 0 fully saturated rings. The fourth-order valence-electron chi connectivity index (χ4n) is 5.45. The maximum Gasteiger partial charge on any atom is 0.472 e. The average molecular weight is 702 g/mol. The van der Waals surface area contributed by atoms with Crippen molar-refractivity contribution in [2.75, 3.05) is 40.9 Å². The third kappa shape index (κ3) is 33.5. The van der Waals surface area contributed by atoms with Crippen LogP contribution in [0.25, 0.3) is 0 Å². The van der Waals surface area contributed by atoms with Crippen LogP contribution in [0.15, 0.2) is 24.3 Å². The Morgan fingerprint density at radius 1 is 0.688 bits per heavy atom. The molecular weight excluding hydrogens is 623 g/mol. The van der Waals surface area contributed by atoms with Crippen molar-refractivity contribution in [2.45, 2.75) is 180 Å². The monoisotopic (exact) mass is 702 g/mol. The molecule has 0 aromatic heterocycles. The van der Waals surface area contributed by atoms with E-state index in [-0.39, 0.29) is 19.1 Å². The molecule has 0 saturated heterocycles. The first-order valence-electron chi connectivity index (χ1n) is 19.7. The van der Waals surface area contributed by atoms with Gasteiger partial charge in [0.1, 0.15) is 13.2 Å². The smallest absolute Gasteiger partial charge is 0.387 e. The number of quaternary nitrogens is 1. The maximum absolute atomic E-state index is 12.8. The van der Waals surface area contributed by atoms with Crippen LogP contribution < -0.4 is 5.32 Å². The van der Waals surface area contributed by atoms with E-state index < -0.39 is 20.0 Å². The number of aliphatic hydroxyl groups is 1. The lowest BCUT2D eigenvalue weighted by molar-refractivity contribution is -0.870. The van der Waals surface area contributed by atoms with Gasteiger partial charge in [-0.15, -0.1) is 0 Å².